The van der Waals surface area contributed by atoms with Gasteiger partial charge in [0, 0.05) is 54.1 Å². The molecule has 0 aliphatic carbocycles. The molecule has 0 amide bonds. The van der Waals surface area contributed by atoms with Crippen LogP contribution in [0.25, 0.3) is 0 Å². The molecule has 2 heterocycles. The van der Waals surface area contributed by atoms with Crippen LogP contribution in [0.4, 0.5) is 0 Å². The molecule has 0 radical (unpaired) electrons. The molecule has 2 aliphatic rings. The van der Waals surface area contributed by atoms with E-state index in [2.05, 4.69) is 26.5 Å². The molecule has 0 unspecified atom stereocenters. The number of aliphatic hydroxyl groups is 1. The van der Waals surface area contributed by atoms with Crippen molar-refractivity contribution >= 4 is 83.4 Å². The van der Waals surface area contributed by atoms with Gasteiger partial charge in [-0.15, -0.1) is 35.0 Å². The van der Waals surface area contributed by atoms with Crippen LogP contribution >= 0.6 is 47.6 Å². The van der Waals surface area contributed by atoms with E-state index in [0.717, 1.165) is 11.5 Å². The van der Waals surface area contributed by atoms with Crippen molar-refractivity contribution in [1.29, 1.82) is 0 Å². The van der Waals surface area contributed by atoms with Gasteiger partial charge in [-0.05, 0) is 42.7 Å². The second-order valence-electron chi connectivity index (χ2n) is 13.4. The Labute approximate surface area is 399 Å². The minimum absolute atomic E-state index is 0.0709. The molecule has 0 spiro atoms. The number of esters is 6. The van der Waals surface area contributed by atoms with Crippen molar-refractivity contribution in [3.8, 4) is 11.5 Å². The first-order valence-electron chi connectivity index (χ1n) is 20.7. The average molecular weight is 996 g/mol. The van der Waals surface area contributed by atoms with Crippen molar-refractivity contribution in [2.75, 3.05) is 43.8 Å². The van der Waals surface area contributed by atoms with E-state index < -0.39 is 84.6 Å². The minimum Gasteiger partial charge on any atom is -0.497 e. The van der Waals surface area contributed by atoms with Gasteiger partial charge in [0.2, 0.25) is 6.29 Å². The lowest BCUT2D eigenvalue weighted by Crippen LogP contribution is -2.59. The molecule has 0 bridgehead atoms. The largest absolute Gasteiger partial charge is 0.497 e. The normalized spacial score (nSPS) is 23.9. The molecule has 1 N–H and O–H groups in total. The first-order chi connectivity index (χ1) is 30.1. The third kappa shape index (κ3) is 29.4. The lowest BCUT2D eigenvalue weighted by molar-refractivity contribution is -0.267. The summed E-state index contributed by atoms with van der Waals surface area (Å²) in [4.78, 5) is 68.4. The maximum Gasteiger partial charge on any atom is 0.303 e. The van der Waals surface area contributed by atoms with Gasteiger partial charge in [0.25, 0.3) is 0 Å². The molecule has 0 aromatic heterocycles. The first-order valence-corrected chi connectivity index (χ1v) is 23.4. The van der Waals surface area contributed by atoms with Crippen LogP contribution in [-0.2, 0) is 66.7 Å². The Morgan fingerprint density at radius 3 is 1.30 bits per heavy atom. The third-order valence-electron chi connectivity index (χ3n) is 7.65. The number of halogens is 2. The third-order valence-corrected chi connectivity index (χ3v) is 8.85. The van der Waals surface area contributed by atoms with Crippen molar-refractivity contribution in [1.82, 2.24) is 0 Å². The van der Waals surface area contributed by atoms with Crippen LogP contribution in [0, 0.1) is 11.8 Å². The lowest BCUT2D eigenvalue weighted by Gasteiger charge is -2.43. The quantitative estimate of drug-likeness (QED) is 0.0868. The molecule has 21 heteroatoms. The minimum atomic E-state index is -0.957. The number of hydrogen-bond acceptors (Lipinski definition) is 19. The Kier molecular flexibility index (Phi) is 39.7. The zero-order valence-corrected chi connectivity index (χ0v) is 42.8. The number of methoxy groups -OCH3 is 1. The summed E-state index contributed by atoms with van der Waals surface area (Å²) in [6.45, 7) is 21.1. The van der Waals surface area contributed by atoms with Gasteiger partial charge in [-0.1, -0.05) is 48.0 Å². The van der Waals surface area contributed by atoms with Crippen LogP contribution < -0.4 is 9.47 Å². The van der Waals surface area contributed by atoms with Crippen LogP contribution in [0.2, 0.25) is 0 Å². The Balaban J connectivity index is -0.000000945. The van der Waals surface area contributed by atoms with Crippen molar-refractivity contribution < 1.29 is 81.2 Å². The van der Waals surface area contributed by atoms with E-state index in [-0.39, 0.29) is 36.5 Å². The van der Waals surface area contributed by atoms with Crippen LogP contribution in [0.3, 0.4) is 0 Å². The summed E-state index contributed by atoms with van der Waals surface area (Å²) in [5, 5.41) is 7.76. The molecule has 2 fully saturated rings. The van der Waals surface area contributed by atoms with Gasteiger partial charge in [0.05, 0.1) is 18.4 Å². The van der Waals surface area contributed by atoms with E-state index >= 15 is 0 Å². The zero-order chi connectivity index (χ0) is 49.9. The van der Waals surface area contributed by atoms with E-state index in [9.17, 15) is 28.8 Å². The fourth-order valence-corrected chi connectivity index (χ4v) is 6.43. The van der Waals surface area contributed by atoms with Crippen LogP contribution in [-0.4, -0.2) is 133 Å². The van der Waals surface area contributed by atoms with Crippen molar-refractivity contribution in [2.24, 2.45) is 11.8 Å². The van der Waals surface area contributed by atoms with Gasteiger partial charge in [0.15, 0.2) is 12.2 Å². The molecule has 372 valence electrons. The fourth-order valence-electron chi connectivity index (χ4n) is 5.43. The predicted molar refractivity (Wildman–Crippen MR) is 248 cm³/mol. The van der Waals surface area contributed by atoms with E-state index in [0.29, 0.717) is 11.5 Å². The van der Waals surface area contributed by atoms with E-state index in [1.54, 1.807) is 57.0 Å². The highest BCUT2D eigenvalue weighted by atomic mass is 35.5. The maximum atomic E-state index is 11.7. The number of carbonyl (C=O) groups excluding carboxylic acids is 6. The molecule has 64 heavy (non-hydrogen) atoms. The topological polar surface area (TPSA) is 215 Å². The van der Waals surface area contributed by atoms with E-state index in [1.165, 1.54) is 48.0 Å². The van der Waals surface area contributed by atoms with E-state index in [4.69, 9.17) is 75.7 Å². The summed E-state index contributed by atoms with van der Waals surface area (Å²) >= 11 is 14.9. The van der Waals surface area contributed by atoms with Crippen LogP contribution in [0.15, 0.2) is 24.3 Å². The Morgan fingerprint density at radius 1 is 0.641 bits per heavy atom. The van der Waals surface area contributed by atoms with Gasteiger partial charge in [-0.3, -0.25) is 28.8 Å². The standard InChI is InChI=1S/C20H26O9.C15H24O7S.C3H8.C2H6O.C2H6S.CH2Cl2/c1-11-18(26-13(3)22)19(27-14(4)23)17(10-25-12(2)21)29-20(11)28-16-8-6-15(24-5)7-9-16;1-6-23-15-8(2)13(20-10(4)17)14(21-11(5)18)12(22-15)7-19-9(3)16;1-3-2;2*1-2-3;2-1-3/h6-9,11,17-20H,10H2,1-5H3;8,12-15H,6-7H2,1-5H3;3H2,1-2H3;2*3H,2H2,1H3;1H2/t11-,17-,18-,19-,20-;8-,12-,13-,14-,15+;;;;/m11..../s1. The number of alkyl halides is 2. The average Bonchev–Trinajstić information content (AvgIpc) is 3.20. The monoisotopic (exact) mass is 994 g/mol. The number of rotatable bonds is 13. The van der Waals surface area contributed by atoms with Crippen molar-refractivity contribution in [3.63, 3.8) is 0 Å². The summed E-state index contributed by atoms with van der Waals surface area (Å²) in [7, 11) is 1.56. The number of aliphatic hydroxyl groups excluding tert-OH is 1. The fraction of sp³-hybridized carbons (Fsp3) is 0.721. The van der Waals surface area contributed by atoms with Gasteiger partial charge < -0.3 is 52.5 Å². The summed E-state index contributed by atoms with van der Waals surface area (Å²) in [5.41, 5.74) is -0.253. The summed E-state index contributed by atoms with van der Waals surface area (Å²) in [6, 6.07) is 6.86. The Bertz CT molecular complexity index is 1430. The molecule has 0 saturated carbocycles. The Hall–Kier alpha value is -3.20. The summed E-state index contributed by atoms with van der Waals surface area (Å²) in [6.07, 6.45) is -4.45. The van der Waals surface area contributed by atoms with Crippen molar-refractivity contribution in [2.45, 2.75) is 145 Å². The second-order valence-corrected chi connectivity index (χ2v) is 16.2. The molecule has 2 aliphatic heterocycles. The van der Waals surface area contributed by atoms with Crippen LogP contribution in [0.5, 0.6) is 11.5 Å². The number of carbonyl (C=O) groups is 6. The van der Waals surface area contributed by atoms with Gasteiger partial charge in [-0.2, -0.15) is 12.6 Å². The first kappa shape index (κ1) is 65.1. The summed E-state index contributed by atoms with van der Waals surface area (Å²) < 4.78 is 54.4. The molecule has 2 saturated heterocycles. The highest BCUT2D eigenvalue weighted by molar-refractivity contribution is 7.99. The zero-order valence-electron chi connectivity index (χ0n) is 39.6. The maximum absolute atomic E-state index is 11.7. The SMILES string of the molecule is CCC.CCO.CCS.CCS[C@@H]1O[C@H](COC(C)=O)[C@@H](OC(C)=O)[C@H](OC(C)=O)[C@H]1C.COc1ccc(O[C@@H]2O[C@H](COC(C)=O)[C@@H](OC(C)=O)[C@H](OC(C)=O)[C@H]2C)cc1.ClCCl. The predicted octanol–water partition coefficient (Wildman–Crippen LogP) is 7.16. The van der Waals surface area contributed by atoms with Gasteiger partial charge in [-0.25, -0.2) is 0 Å². The molecule has 1 aromatic carbocycles. The smallest absolute Gasteiger partial charge is 0.303 e. The Morgan fingerprint density at radius 2 is 0.969 bits per heavy atom. The number of thiol groups is 1. The lowest BCUT2D eigenvalue weighted by atomic mass is 9.92. The number of ether oxygens (including phenoxy) is 10. The molecule has 3 rings (SSSR count). The highest BCUT2D eigenvalue weighted by Crippen LogP contribution is 2.36. The van der Waals surface area contributed by atoms with Crippen LogP contribution in [0.1, 0.15) is 96.4 Å². The second kappa shape index (κ2) is 39.0. The number of benzene rings is 1. The molecule has 17 nitrogen and oxygen atoms in total. The molecular weight excluding hydrogens is 923 g/mol. The number of thioether (sulfide) groups is 1. The number of hydrogen-bond donors (Lipinski definition) is 2. The van der Waals surface area contributed by atoms with E-state index in [1.807, 2.05) is 20.8 Å². The summed E-state index contributed by atoms with van der Waals surface area (Å²) in [5.74, 6) is -0.841. The van der Waals surface area contributed by atoms with Crippen molar-refractivity contribution in [3.05, 3.63) is 24.3 Å². The van der Waals surface area contributed by atoms with Gasteiger partial charge in [0.1, 0.15) is 54.6 Å². The van der Waals surface area contributed by atoms with Gasteiger partial charge >= 0.3 is 35.8 Å². The molecule has 10 atom stereocenters. The molecule has 1 aromatic rings. The highest BCUT2D eigenvalue weighted by Gasteiger charge is 2.50. The molecular formula is C43H72Cl2O17S2.